The van der Waals surface area contributed by atoms with Crippen molar-refractivity contribution in [1.29, 1.82) is 0 Å². The average molecular weight is 409 g/mol. The predicted molar refractivity (Wildman–Crippen MR) is 97.6 cm³/mol. The minimum Gasteiger partial charge on any atom is -0.384 e. The number of hydrogen-bond acceptors (Lipinski definition) is 4. The first-order valence-corrected chi connectivity index (χ1v) is 9.95. The first-order valence-electron chi connectivity index (χ1n) is 7.51. The number of benzene rings is 2. The monoisotopic (exact) mass is 408 g/mol. The van der Waals surface area contributed by atoms with Crippen LogP contribution in [0.15, 0.2) is 40.9 Å². The molecule has 0 atom stereocenters. The minimum atomic E-state index is -3.79. The number of rotatable bonds is 4. The smallest absolute Gasteiger partial charge is 0.264 e. The highest BCUT2D eigenvalue weighted by Crippen LogP contribution is 2.24. The van der Waals surface area contributed by atoms with Crippen LogP contribution in [0.5, 0.6) is 0 Å². The Morgan fingerprint density at radius 1 is 1.25 bits per heavy atom. The van der Waals surface area contributed by atoms with Gasteiger partial charge in [-0.05, 0) is 42.7 Å². The minimum absolute atomic E-state index is 0.260. The number of carbonyl (C=O) groups excluding carboxylic acids is 1. The molecule has 0 saturated carbocycles. The van der Waals surface area contributed by atoms with Crippen molar-refractivity contribution in [3.8, 4) is 0 Å². The second-order valence-electron chi connectivity index (χ2n) is 5.83. The maximum atomic E-state index is 12.3. The summed E-state index contributed by atoms with van der Waals surface area (Å²) in [6, 6.07) is 10.7. The highest BCUT2D eigenvalue weighted by molar-refractivity contribution is 9.10. The van der Waals surface area contributed by atoms with Gasteiger partial charge in [0.15, 0.2) is 0 Å². The summed E-state index contributed by atoms with van der Waals surface area (Å²) < 4.78 is 27.5. The Hall–Kier alpha value is -1.86. The quantitative estimate of drug-likeness (QED) is 0.814. The van der Waals surface area contributed by atoms with E-state index in [4.69, 9.17) is 0 Å². The standard InChI is InChI=1S/C17H17BrN2O3S/c1-11-2-5-15(18)14(8-11)10-24(22,23)20-17(21)13-4-3-12-6-7-19-16(12)9-13/h2-5,8-9,19H,6-7,10H2,1H3,(H,20,21). The second kappa shape index (κ2) is 6.57. The molecule has 24 heavy (non-hydrogen) atoms. The van der Waals surface area contributed by atoms with Gasteiger partial charge in [-0.1, -0.05) is 39.7 Å². The van der Waals surface area contributed by atoms with Crippen LogP contribution < -0.4 is 10.0 Å². The molecule has 0 unspecified atom stereocenters. The zero-order valence-electron chi connectivity index (χ0n) is 13.1. The summed E-state index contributed by atoms with van der Waals surface area (Å²) >= 11 is 3.34. The lowest BCUT2D eigenvalue weighted by molar-refractivity contribution is 0.0981. The van der Waals surface area contributed by atoms with Crippen molar-refractivity contribution in [2.75, 3.05) is 11.9 Å². The number of amides is 1. The molecule has 0 radical (unpaired) electrons. The molecule has 0 aliphatic carbocycles. The third kappa shape index (κ3) is 3.79. The molecule has 2 aromatic carbocycles. The second-order valence-corrected chi connectivity index (χ2v) is 8.41. The van der Waals surface area contributed by atoms with Gasteiger partial charge in [-0.2, -0.15) is 0 Å². The van der Waals surface area contributed by atoms with E-state index in [0.717, 1.165) is 29.8 Å². The summed E-state index contributed by atoms with van der Waals surface area (Å²) in [6.45, 7) is 2.72. The summed E-state index contributed by atoms with van der Waals surface area (Å²) in [4.78, 5) is 12.3. The van der Waals surface area contributed by atoms with Gasteiger partial charge >= 0.3 is 0 Å². The molecule has 1 heterocycles. The molecule has 2 N–H and O–H groups in total. The molecule has 2 aromatic rings. The van der Waals surface area contributed by atoms with Crippen LogP contribution in [0.1, 0.15) is 27.0 Å². The average Bonchev–Trinajstić information content (AvgIpc) is 2.97. The number of hydrogen-bond donors (Lipinski definition) is 2. The number of halogens is 1. The van der Waals surface area contributed by atoms with E-state index >= 15 is 0 Å². The van der Waals surface area contributed by atoms with E-state index in [1.54, 1.807) is 24.3 Å². The molecule has 0 fully saturated rings. The van der Waals surface area contributed by atoms with Gasteiger partial charge in [0.1, 0.15) is 0 Å². The molecule has 0 aromatic heterocycles. The maximum Gasteiger partial charge on any atom is 0.264 e. The lowest BCUT2D eigenvalue weighted by Gasteiger charge is -2.10. The van der Waals surface area contributed by atoms with Crippen molar-refractivity contribution in [1.82, 2.24) is 4.72 Å². The maximum absolute atomic E-state index is 12.3. The van der Waals surface area contributed by atoms with Crippen LogP contribution >= 0.6 is 15.9 Å². The molecule has 0 spiro atoms. The molecule has 5 nitrogen and oxygen atoms in total. The lowest BCUT2D eigenvalue weighted by Crippen LogP contribution is -2.31. The van der Waals surface area contributed by atoms with E-state index in [0.29, 0.717) is 15.6 Å². The van der Waals surface area contributed by atoms with Gasteiger partial charge in [-0.15, -0.1) is 0 Å². The third-order valence-electron chi connectivity index (χ3n) is 3.88. The van der Waals surface area contributed by atoms with Crippen molar-refractivity contribution in [3.63, 3.8) is 0 Å². The largest absolute Gasteiger partial charge is 0.384 e. The first-order chi connectivity index (χ1) is 11.3. The zero-order chi connectivity index (χ0) is 17.3. The zero-order valence-corrected chi connectivity index (χ0v) is 15.5. The van der Waals surface area contributed by atoms with Crippen LogP contribution in [0.25, 0.3) is 0 Å². The van der Waals surface area contributed by atoms with Crippen molar-refractivity contribution in [2.24, 2.45) is 0 Å². The van der Waals surface area contributed by atoms with Crippen LogP contribution in [0.2, 0.25) is 0 Å². The van der Waals surface area contributed by atoms with Crippen molar-refractivity contribution >= 4 is 37.5 Å². The fourth-order valence-corrected chi connectivity index (χ4v) is 4.38. The molecular formula is C17H17BrN2O3S. The van der Waals surface area contributed by atoms with Gasteiger partial charge in [0.25, 0.3) is 5.91 Å². The number of aryl methyl sites for hydroxylation is 1. The summed E-state index contributed by atoms with van der Waals surface area (Å²) in [5.74, 6) is -0.875. The highest BCUT2D eigenvalue weighted by Gasteiger charge is 2.20. The van der Waals surface area contributed by atoms with E-state index in [2.05, 4.69) is 26.0 Å². The number of carbonyl (C=O) groups is 1. The number of anilines is 1. The third-order valence-corrected chi connectivity index (χ3v) is 5.84. The molecule has 126 valence electrons. The van der Waals surface area contributed by atoms with Gasteiger partial charge in [0.05, 0.1) is 5.75 Å². The Morgan fingerprint density at radius 2 is 2.04 bits per heavy atom. The Kier molecular flexibility index (Phi) is 4.64. The number of fused-ring (bicyclic) bond motifs is 1. The fourth-order valence-electron chi connectivity index (χ4n) is 2.69. The van der Waals surface area contributed by atoms with Gasteiger partial charge < -0.3 is 5.32 Å². The lowest BCUT2D eigenvalue weighted by atomic mass is 10.1. The van der Waals surface area contributed by atoms with Crippen LogP contribution in [-0.2, 0) is 22.2 Å². The van der Waals surface area contributed by atoms with Crippen LogP contribution in [0, 0.1) is 6.92 Å². The Labute approximate surface area is 149 Å². The molecule has 0 bridgehead atoms. The van der Waals surface area contributed by atoms with Crippen LogP contribution in [0.4, 0.5) is 5.69 Å². The topological polar surface area (TPSA) is 75.3 Å². The molecule has 1 amide bonds. The highest BCUT2D eigenvalue weighted by atomic mass is 79.9. The summed E-state index contributed by atoms with van der Waals surface area (Å²) in [7, 11) is -3.79. The molecule has 7 heteroatoms. The molecule has 1 aliphatic rings. The van der Waals surface area contributed by atoms with E-state index in [9.17, 15) is 13.2 Å². The van der Waals surface area contributed by atoms with Crippen molar-refractivity contribution in [3.05, 3.63) is 63.1 Å². The normalized spacial score (nSPS) is 13.2. The van der Waals surface area contributed by atoms with Crippen molar-refractivity contribution < 1.29 is 13.2 Å². The molecule has 3 rings (SSSR count). The van der Waals surface area contributed by atoms with Gasteiger partial charge in [0, 0.05) is 22.3 Å². The van der Waals surface area contributed by atoms with Crippen LogP contribution in [-0.4, -0.2) is 20.9 Å². The Balaban J connectivity index is 1.76. The predicted octanol–water partition coefficient (Wildman–Crippen LogP) is 2.99. The summed E-state index contributed by atoms with van der Waals surface area (Å²) in [5.41, 5.74) is 3.93. The fraction of sp³-hybridized carbons (Fsp3) is 0.235. The number of sulfonamides is 1. The van der Waals surface area contributed by atoms with Crippen LogP contribution in [0.3, 0.4) is 0 Å². The summed E-state index contributed by atoms with van der Waals surface area (Å²) in [6.07, 6.45) is 0.914. The molecule has 1 aliphatic heterocycles. The Morgan fingerprint density at radius 3 is 2.83 bits per heavy atom. The first kappa shape index (κ1) is 17.0. The molecule has 0 saturated heterocycles. The van der Waals surface area contributed by atoms with E-state index < -0.39 is 15.9 Å². The van der Waals surface area contributed by atoms with Gasteiger partial charge in [0.2, 0.25) is 10.0 Å². The van der Waals surface area contributed by atoms with Crippen molar-refractivity contribution in [2.45, 2.75) is 19.1 Å². The SMILES string of the molecule is Cc1ccc(Br)c(CS(=O)(=O)NC(=O)c2ccc3c(c2)NCC3)c1. The van der Waals surface area contributed by atoms with Gasteiger partial charge in [-0.3, -0.25) is 4.79 Å². The van der Waals surface area contributed by atoms with Gasteiger partial charge in [-0.25, -0.2) is 13.1 Å². The summed E-state index contributed by atoms with van der Waals surface area (Å²) in [5, 5.41) is 3.18. The number of nitrogens with one attached hydrogen (secondary N) is 2. The van der Waals surface area contributed by atoms with E-state index in [1.807, 2.05) is 19.1 Å². The Bertz CT molecular complexity index is 910. The van der Waals surface area contributed by atoms with E-state index in [-0.39, 0.29) is 5.75 Å². The van der Waals surface area contributed by atoms with E-state index in [1.165, 1.54) is 0 Å². The molecular weight excluding hydrogens is 392 g/mol.